The van der Waals surface area contributed by atoms with Gasteiger partial charge in [0.2, 0.25) is 5.91 Å². The van der Waals surface area contributed by atoms with Crippen LogP contribution in [0.15, 0.2) is 29.2 Å². The van der Waals surface area contributed by atoms with E-state index in [4.69, 9.17) is 5.73 Å². The van der Waals surface area contributed by atoms with Crippen LogP contribution >= 0.6 is 11.8 Å². The molecular weight excluding hydrogens is 232 g/mol. The van der Waals surface area contributed by atoms with Gasteiger partial charge in [0.25, 0.3) is 0 Å². The molecule has 0 heterocycles. The number of carbonyl (C=O) groups is 1. The highest BCUT2D eigenvalue weighted by molar-refractivity contribution is 8.00. The lowest BCUT2D eigenvalue weighted by molar-refractivity contribution is -0.114. The van der Waals surface area contributed by atoms with Crippen LogP contribution in [0, 0.1) is 0 Å². The average molecular weight is 250 g/mol. The van der Waals surface area contributed by atoms with Gasteiger partial charge in [-0.25, -0.2) is 0 Å². The van der Waals surface area contributed by atoms with Crippen LogP contribution in [0.3, 0.4) is 0 Å². The quantitative estimate of drug-likeness (QED) is 0.863. The van der Waals surface area contributed by atoms with Gasteiger partial charge in [-0.2, -0.15) is 0 Å². The molecule has 0 radical (unpaired) electrons. The number of amides is 1. The average Bonchev–Trinajstić information content (AvgIpc) is 2.25. The highest BCUT2D eigenvalue weighted by atomic mass is 32.2. The molecule has 0 spiro atoms. The SMILES string of the molecule is CC(=O)Nc1ccc(SC2(CN)CCC2)cc1. The molecule has 1 amide bonds. The summed E-state index contributed by atoms with van der Waals surface area (Å²) in [5.41, 5.74) is 6.68. The van der Waals surface area contributed by atoms with Gasteiger partial charge in [-0.3, -0.25) is 4.79 Å². The van der Waals surface area contributed by atoms with E-state index in [-0.39, 0.29) is 10.7 Å². The fourth-order valence-corrected chi connectivity index (χ4v) is 3.33. The molecule has 0 bridgehead atoms. The monoisotopic (exact) mass is 250 g/mol. The van der Waals surface area contributed by atoms with E-state index in [9.17, 15) is 4.79 Å². The van der Waals surface area contributed by atoms with Crippen LogP contribution in [0.1, 0.15) is 26.2 Å². The predicted octanol–water partition coefficient (Wildman–Crippen LogP) is 2.62. The van der Waals surface area contributed by atoms with Crippen molar-refractivity contribution in [1.29, 1.82) is 0 Å². The van der Waals surface area contributed by atoms with E-state index >= 15 is 0 Å². The van der Waals surface area contributed by atoms with Crippen molar-refractivity contribution in [2.75, 3.05) is 11.9 Å². The summed E-state index contributed by atoms with van der Waals surface area (Å²) in [4.78, 5) is 12.1. The summed E-state index contributed by atoms with van der Waals surface area (Å²) in [6, 6.07) is 7.97. The van der Waals surface area contributed by atoms with Gasteiger partial charge < -0.3 is 11.1 Å². The Kier molecular flexibility index (Phi) is 3.74. The number of carbonyl (C=O) groups excluding carboxylic acids is 1. The second-order valence-corrected chi connectivity index (χ2v) is 6.09. The lowest BCUT2D eigenvalue weighted by atomic mass is 9.84. The second kappa shape index (κ2) is 5.10. The number of thioether (sulfide) groups is 1. The maximum atomic E-state index is 10.9. The largest absolute Gasteiger partial charge is 0.329 e. The third-order valence-corrected chi connectivity index (χ3v) is 4.66. The Morgan fingerprint density at radius 2 is 2.06 bits per heavy atom. The summed E-state index contributed by atoms with van der Waals surface area (Å²) < 4.78 is 0.259. The van der Waals surface area contributed by atoms with E-state index in [1.54, 1.807) is 0 Å². The molecule has 3 N–H and O–H groups in total. The molecule has 4 heteroatoms. The Balaban J connectivity index is 2.00. The standard InChI is InChI=1S/C13H18N2OS/c1-10(16)15-11-3-5-12(6-4-11)17-13(9-14)7-2-8-13/h3-6H,2,7-9,14H2,1H3,(H,15,16). The second-order valence-electron chi connectivity index (χ2n) is 4.55. The first-order valence-corrected chi connectivity index (χ1v) is 6.72. The number of nitrogens with two attached hydrogens (primary N) is 1. The molecule has 1 saturated carbocycles. The first-order chi connectivity index (χ1) is 8.13. The molecule has 0 atom stereocenters. The summed E-state index contributed by atoms with van der Waals surface area (Å²) in [5.74, 6) is -0.0391. The molecule has 1 aliphatic rings. The van der Waals surface area contributed by atoms with Crippen LogP contribution in [-0.2, 0) is 4.79 Å². The van der Waals surface area contributed by atoms with E-state index < -0.39 is 0 Å². The van der Waals surface area contributed by atoms with Gasteiger partial charge in [0.05, 0.1) is 0 Å². The van der Waals surface area contributed by atoms with Crippen LogP contribution in [-0.4, -0.2) is 17.2 Å². The molecule has 0 saturated heterocycles. The van der Waals surface area contributed by atoms with E-state index in [2.05, 4.69) is 5.32 Å². The van der Waals surface area contributed by atoms with Gasteiger partial charge >= 0.3 is 0 Å². The normalized spacial score (nSPS) is 17.3. The van der Waals surface area contributed by atoms with Crippen molar-refractivity contribution in [1.82, 2.24) is 0 Å². The zero-order valence-electron chi connectivity index (χ0n) is 10.0. The van der Waals surface area contributed by atoms with Crippen LogP contribution in [0.5, 0.6) is 0 Å². The first kappa shape index (κ1) is 12.5. The third kappa shape index (κ3) is 3.01. The Labute approximate surface area is 106 Å². The van der Waals surface area contributed by atoms with Crippen LogP contribution in [0.25, 0.3) is 0 Å². The fourth-order valence-electron chi connectivity index (χ4n) is 1.98. The summed E-state index contributed by atoms with van der Waals surface area (Å²) in [7, 11) is 0. The van der Waals surface area contributed by atoms with E-state index in [1.807, 2.05) is 36.0 Å². The molecule has 17 heavy (non-hydrogen) atoms. The Bertz CT molecular complexity index is 393. The highest BCUT2D eigenvalue weighted by Crippen LogP contribution is 2.46. The molecule has 1 fully saturated rings. The lowest BCUT2D eigenvalue weighted by Gasteiger charge is -2.40. The zero-order valence-corrected chi connectivity index (χ0v) is 10.8. The smallest absolute Gasteiger partial charge is 0.221 e. The summed E-state index contributed by atoms with van der Waals surface area (Å²) in [6.07, 6.45) is 3.71. The highest BCUT2D eigenvalue weighted by Gasteiger charge is 2.36. The molecule has 1 aromatic rings. The van der Waals surface area contributed by atoms with Crippen molar-refractivity contribution in [3.63, 3.8) is 0 Å². The zero-order chi connectivity index (χ0) is 12.3. The minimum atomic E-state index is -0.0391. The van der Waals surface area contributed by atoms with Crippen molar-refractivity contribution in [2.45, 2.75) is 35.8 Å². The Morgan fingerprint density at radius 1 is 1.41 bits per heavy atom. The van der Waals surface area contributed by atoms with Crippen molar-refractivity contribution in [2.24, 2.45) is 5.73 Å². The maximum absolute atomic E-state index is 10.9. The van der Waals surface area contributed by atoms with Crippen molar-refractivity contribution in [3.05, 3.63) is 24.3 Å². The van der Waals surface area contributed by atoms with Gasteiger partial charge in [-0.1, -0.05) is 6.42 Å². The Morgan fingerprint density at radius 3 is 2.47 bits per heavy atom. The molecule has 0 aromatic heterocycles. The predicted molar refractivity (Wildman–Crippen MR) is 72.2 cm³/mol. The van der Waals surface area contributed by atoms with E-state index in [0.29, 0.717) is 0 Å². The minimum absolute atomic E-state index is 0.0391. The Hall–Kier alpha value is -1.00. The molecular formula is C13H18N2OS. The van der Waals surface area contributed by atoms with Gasteiger partial charge in [-0.15, -0.1) is 11.8 Å². The summed E-state index contributed by atoms with van der Waals surface area (Å²) >= 11 is 1.87. The van der Waals surface area contributed by atoms with Crippen molar-refractivity contribution >= 4 is 23.4 Å². The number of nitrogens with one attached hydrogen (secondary N) is 1. The van der Waals surface area contributed by atoms with Crippen LogP contribution in [0.2, 0.25) is 0 Å². The van der Waals surface area contributed by atoms with Gasteiger partial charge in [0.1, 0.15) is 0 Å². The number of hydrogen-bond donors (Lipinski definition) is 2. The van der Waals surface area contributed by atoms with Gasteiger partial charge in [-0.05, 0) is 37.1 Å². The summed E-state index contributed by atoms with van der Waals surface area (Å²) in [6.45, 7) is 2.26. The molecule has 0 unspecified atom stereocenters. The third-order valence-electron chi connectivity index (χ3n) is 3.15. The van der Waals surface area contributed by atoms with Gasteiger partial charge in [0.15, 0.2) is 0 Å². The molecule has 0 aliphatic heterocycles. The molecule has 1 aliphatic carbocycles. The van der Waals surface area contributed by atoms with Gasteiger partial charge in [0, 0.05) is 28.8 Å². The van der Waals surface area contributed by atoms with E-state index in [1.165, 1.54) is 31.1 Å². The summed E-state index contributed by atoms with van der Waals surface area (Å²) in [5, 5.41) is 2.76. The van der Waals surface area contributed by atoms with Crippen molar-refractivity contribution < 1.29 is 4.79 Å². The molecule has 2 rings (SSSR count). The van der Waals surface area contributed by atoms with Crippen molar-refractivity contribution in [3.8, 4) is 0 Å². The minimum Gasteiger partial charge on any atom is -0.329 e. The topological polar surface area (TPSA) is 55.1 Å². The maximum Gasteiger partial charge on any atom is 0.221 e. The first-order valence-electron chi connectivity index (χ1n) is 5.90. The fraction of sp³-hybridized carbons (Fsp3) is 0.462. The molecule has 92 valence electrons. The van der Waals surface area contributed by atoms with Crippen LogP contribution < -0.4 is 11.1 Å². The number of hydrogen-bond acceptors (Lipinski definition) is 3. The number of rotatable bonds is 4. The lowest BCUT2D eigenvalue weighted by Crippen LogP contribution is -2.40. The van der Waals surface area contributed by atoms with Crippen LogP contribution in [0.4, 0.5) is 5.69 Å². The van der Waals surface area contributed by atoms with E-state index in [0.717, 1.165) is 12.2 Å². The molecule has 1 aromatic carbocycles. The number of benzene rings is 1. The molecule has 3 nitrogen and oxygen atoms in total. The number of anilines is 1.